The molecule has 5 nitrogen and oxygen atoms in total. The first-order valence-electron chi connectivity index (χ1n) is 8.20. The van der Waals surface area contributed by atoms with E-state index in [9.17, 15) is 17.6 Å². The lowest BCUT2D eigenvalue weighted by Gasteiger charge is -2.20. The number of hydrogen-bond acceptors (Lipinski definition) is 4. The van der Waals surface area contributed by atoms with E-state index in [0.717, 1.165) is 16.4 Å². The van der Waals surface area contributed by atoms with Crippen LogP contribution in [0.4, 0.5) is 10.1 Å². The third kappa shape index (κ3) is 4.70. The summed E-state index contributed by atoms with van der Waals surface area (Å²) in [5.41, 5.74) is 0.373. The SMILES string of the molecule is CN(c1cccc(Cl)c1)S(=O)(=O)c1cccc(C(=O)Oc2ccc(F)c(Cl)c2)c1. The fourth-order valence-corrected chi connectivity index (χ4v) is 4.05. The topological polar surface area (TPSA) is 63.7 Å². The van der Waals surface area contributed by atoms with E-state index in [-0.39, 0.29) is 21.2 Å². The largest absolute Gasteiger partial charge is 0.423 e. The van der Waals surface area contributed by atoms with Crippen molar-refractivity contribution < 1.29 is 22.3 Å². The van der Waals surface area contributed by atoms with Gasteiger partial charge in [0, 0.05) is 18.1 Å². The Balaban J connectivity index is 1.87. The van der Waals surface area contributed by atoms with E-state index in [1.165, 1.54) is 43.4 Å². The molecule has 0 aromatic heterocycles. The molecule has 0 saturated heterocycles. The molecule has 0 atom stereocenters. The highest BCUT2D eigenvalue weighted by molar-refractivity contribution is 7.92. The van der Waals surface area contributed by atoms with Crippen molar-refractivity contribution in [2.45, 2.75) is 4.90 Å². The molecular formula is C20H14Cl2FNO4S. The van der Waals surface area contributed by atoms with Crippen LogP contribution in [-0.4, -0.2) is 21.4 Å². The van der Waals surface area contributed by atoms with Gasteiger partial charge < -0.3 is 4.74 Å². The lowest BCUT2D eigenvalue weighted by Crippen LogP contribution is -2.26. The van der Waals surface area contributed by atoms with E-state index in [1.54, 1.807) is 18.2 Å². The molecule has 0 saturated carbocycles. The number of ether oxygens (including phenoxy) is 1. The molecule has 0 heterocycles. The van der Waals surface area contributed by atoms with Crippen molar-refractivity contribution in [1.82, 2.24) is 0 Å². The maximum absolute atomic E-state index is 13.2. The van der Waals surface area contributed by atoms with Crippen LogP contribution in [0.1, 0.15) is 10.4 Å². The first-order valence-corrected chi connectivity index (χ1v) is 10.4. The summed E-state index contributed by atoms with van der Waals surface area (Å²) >= 11 is 11.6. The highest BCUT2D eigenvalue weighted by Gasteiger charge is 2.23. The van der Waals surface area contributed by atoms with E-state index in [1.807, 2.05) is 0 Å². The fraction of sp³-hybridized carbons (Fsp3) is 0.0500. The van der Waals surface area contributed by atoms with Gasteiger partial charge in [0.15, 0.2) is 0 Å². The minimum absolute atomic E-state index is 0.00557. The standard InChI is InChI=1S/C20H14Cl2FNO4S/c1-24(15-6-3-5-14(21)11-15)29(26,27)17-7-2-4-13(10-17)20(25)28-16-8-9-19(23)18(22)12-16/h2-12H,1H3. The molecule has 150 valence electrons. The lowest BCUT2D eigenvalue weighted by atomic mass is 10.2. The van der Waals surface area contributed by atoms with Gasteiger partial charge in [0.25, 0.3) is 10.0 Å². The van der Waals surface area contributed by atoms with Crippen molar-refractivity contribution in [3.8, 4) is 5.75 Å². The molecule has 0 bridgehead atoms. The van der Waals surface area contributed by atoms with Crippen molar-refractivity contribution in [3.63, 3.8) is 0 Å². The molecule has 29 heavy (non-hydrogen) atoms. The van der Waals surface area contributed by atoms with Gasteiger partial charge in [-0.1, -0.05) is 35.3 Å². The number of carbonyl (C=O) groups excluding carboxylic acids is 1. The van der Waals surface area contributed by atoms with E-state index in [2.05, 4.69) is 0 Å². The van der Waals surface area contributed by atoms with Gasteiger partial charge in [-0.15, -0.1) is 0 Å². The summed E-state index contributed by atoms with van der Waals surface area (Å²) in [6.07, 6.45) is 0. The van der Waals surface area contributed by atoms with Gasteiger partial charge >= 0.3 is 5.97 Å². The van der Waals surface area contributed by atoms with Gasteiger partial charge in [-0.2, -0.15) is 0 Å². The van der Waals surface area contributed by atoms with E-state index in [4.69, 9.17) is 27.9 Å². The van der Waals surface area contributed by atoms with Crippen LogP contribution in [0.15, 0.2) is 71.6 Å². The Bertz CT molecular complexity index is 1180. The van der Waals surface area contributed by atoms with Crippen LogP contribution in [0.25, 0.3) is 0 Å². The third-order valence-corrected chi connectivity index (χ3v) is 6.31. The number of anilines is 1. The highest BCUT2D eigenvalue weighted by Crippen LogP contribution is 2.26. The van der Waals surface area contributed by atoms with Crippen molar-refractivity contribution in [2.75, 3.05) is 11.4 Å². The van der Waals surface area contributed by atoms with Crippen LogP contribution < -0.4 is 9.04 Å². The maximum Gasteiger partial charge on any atom is 0.343 e. The average Bonchev–Trinajstić information content (AvgIpc) is 2.70. The minimum Gasteiger partial charge on any atom is -0.423 e. The molecule has 0 aliphatic heterocycles. The molecule has 3 aromatic carbocycles. The molecule has 0 aliphatic rings. The number of halogens is 3. The normalized spacial score (nSPS) is 11.2. The number of benzene rings is 3. The molecule has 0 spiro atoms. The summed E-state index contributed by atoms with van der Waals surface area (Å²) in [6.45, 7) is 0. The second-order valence-corrected chi connectivity index (χ2v) is 8.76. The number of hydrogen-bond donors (Lipinski definition) is 0. The lowest BCUT2D eigenvalue weighted by molar-refractivity contribution is 0.0734. The summed E-state index contributed by atoms with van der Waals surface area (Å²) in [4.78, 5) is 12.3. The Morgan fingerprint density at radius 3 is 2.41 bits per heavy atom. The smallest absolute Gasteiger partial charge is 0.343 e. The van der Waals surface area contributed by atoms with Gasteiger partial charge in [-0.3, -0.25) is 4.31 Å². The van der Waals surface area contributed by atoms with Gasteiger partial charge in [0.1, 0.15) is 11.6 Å². The molecule has 3 rings (SSSR count). The fourth-order valence-electron chi connectivity index (χ4n) is 2.46. The first-order chi connectivity index (χ1) is 13.7. The van der Waals surface area contributed by atoms with Crippen molar-refractivity contribution in [2.24, 2.45) is 0 Å². The van der Waals surface area contributed by atoms with E-state index < -0.39 is 21.8 Å². The predicted octanol–water partition coefficient (Wildman–Crippen LogP) is 5.18. The van der Waals surface area contributed by atoms with Crippen molar-refractivity contribution in [3.05, 3.63) is 88.2 Å². The first kappa shape index (κ1) is 21.1. The number of esters is 1. The van der Waals surface area contributed by atoms with E-state index in [0.29, 0.717) is 10.7 Å². The number of nitrogens with zero attached hydrogens (tertiary/aromatic N) is 1. The van der Waals surface area contributed by atoms with Crippen LogP contribution in [0, 0.1) is 5.82 Å². The van der Waals surface area contributed by atoms with Crippen LogP contribution in [0.3, 0.4) is 0 Å². The summed E-state index contributed by atoms with van der Waals surface area (Å²) in [5, 5.41) is 0.189. The maximum atomic E-state index is 13.2. The minimum atomic E-state index is -3.95. The van der Waals surface area contributed by atoms with Crippen LogP contribution in [0.5, 0.6) is 5.75 Å². The van der Waals surface area contributed by atoms with Crippen molar-refractivity contribution >= 4 is 44.9 Å². The Kier molecular flexibility index (Phi) is 6.12. The highest BCUT2D eigenvalue weighted by atomic mass is 35.5. The molecule has 0 unspecified atom stereocenters. The molecule has 0 radical (unpaired) electrons. The number of carbonyl (C=O) groups is 1. The molecule has 3 aromatic rings. The Labute approximate surface area is 177 Å². The summed E-state index contributed by atoms with van der Waals surface area (Å²) < 4.78 is 45.3. The zero-order valence-corrected chi connectivity index (χ0v) is 17.3. The quantitative estimate of drug-likeness (QED) is 0.394. The molecule has 0 amide bonds. The Hall–Kier alpha value is -2.61. The second-order valence-electron chi connectivity index (χ2n) is 5.95. The molecule has 0 fully saturated rings. The monoisotopic (exact) mass is 453 g/mol. The molecule has 0 N–H and O–H groups in total. The second kappa shape index (κ2) is 8.41. The Morgan fingerprint density at radius 2 is 1.72 bits per heavy atom. The molecule has 9 heteroatoms. The summed E-state index contributed by atoms with van der Waals surface area (Å²) in [5.74, 6) is -1.43. The van der Waals surface area contributed by atoms with Crippen molar-refractivity contribution in [1.29, 1.82) is 0 Å². The summed E-state index contributed by atoms with van der Waals surface area (Å²) in [6, 6.07) is 15.2. The van der Waals surface area contributed by atoms with E-state index >= 15 is 0 Å². The van der Waals surface area contributed by atoms with Gasteiger partial charge in [0.05, 0.1) is 21.2 Å². The zero-order valence-electron chi connectivity index (χ0n) is 15.0. The third-order valence-electron chi connectivity index (χ3n) is 4.00. The van der Waals surface area contributed by atoms with Gasteiger partial charge in [0.2, 0.25) is 0 Å². The Morgan fingerprint density at radius 1 is 1.00 bits per heavy atom. The zero-order chi connectivity index (χ0) is 21.2. The van der Waals surface area contributed by atoms with Crippen LogP contribution in [-0.2, 0) is 10.0 Å². The number of rotatable bonds is 5. The molecular weight excluding hydrogens is 440 g/mol. The average molecular weight is 454 g/mol. The number of sulfonamides is 1. The predicted molar refractivity (Wildman–Crippen MR) is 110 cm³/mol. The van der Waals surface area contributed by atoms with Crippen LogP contribution >= 0.6 is 23.2 Å². The van der Waals surface area contributed by atoms with Crippen LogP contribution in [0.2, 0.25) is 10.0 Å². The van der Waals surface area contributed by atoms with Gasteiger partial charge in [-0.05, 0) is 48.5 Å². The van der Waals surface area contributed by atoms with Gasteiger partial charge in [-0.25, -0.2) is 17.6 Å². The molecule has 0 aliphatic carbocycles. The summed E-state index contributed by atoms with van der Waals surface area (Å²) in [7, 11) is -2.57.